The number of benzene rings is 1. The first-order valence-electron chi connectivity index (χ1n) is 6.18. The maximum absolute atomic E-state index is 12.0. The van der Waals surface area contributed by atoms with E-state index in [1.165, 1.54) is 4.70 Å². The second-order valence-corrected chi connectivity index (χ2v) is 5.43. The molecule has 1 amide bonds. The first kappa shape index (κ1) is 12.6. The fourth-order valence-electron chi connectivity index (χ4n) is 1.95. The van der Waals surface area contributed by atoms with Gasteiger partial charge in [-0.15, -0.1) is 11.3 Å². The van der Waals surface area contributed by atoms with E-state index in [1.807, 2.05) is 29.6 Å². The molecule has 0 bridgehead atoms. The molecule has 100 valence electrons. The topological polar surface area (TPSA) is 68.0 Å². The van der Waals surface area contributed by atoms with Crippen molar-refractivity contribution in [1.82, 2.24) is 4.98 Å². The smallest absolute Gasteiger partial charge is 0.230 e. The zero-order valence-corrected chi connectivity index (χ0v) is 11.5. The molecule has 2 heterocycles. The molecule has 0 aliphatic rings. The molecular weight excluding hydrogens is 270 g/mol. The summed E-state index contributed by atoms with van der Waals surface area (Å²) in [6.07, 6.45) is 1.79. The van der Waals surface area contributed by atoms with Crippen LogP contribution in [-0.4, -0.2) is 10.9 Å². The van der Waals surface area contributed by atoms with Crippen molar-refractivity contribution in [2.75, 3.05) is 11.1 Å². The molecule has 0 aliphatic heterocycles. The Kier molecular flexibility index (Phi) is 3.35. The summed E-state index contributed by atoms with van der Waals surface area (Å²) in [4.78, 5) is 16.1. The van der Waals surface area contributed by atoms with E-state index in [0.29, 0.717) is 11.4 Å². The number of nitrogens with one attached hydrogen (secondary N) is 1. The normalized spacial score (nSPS) is 10.6. The van der Waals surface area contributed by atoms with Crippen molar-refractivity contribution in [2.45, 2.75) is 6.42 Å². The summed E-state index contributed by atoms with van der Waals surface area (Å²) in [7, 11) is 0. The maximum Gasteiger partial charge on any atom is 0.230 e. The third-order valence-electron chi connectivity index (χ3n) is 2.93. The minimum atomic E-state index is -0.0862. The lowest BCUT2D eigenvalue weighted by Crippen LogP contribution is -2.15. The van der Waals surface area contributed by atoms with Crippen LogP contribution >= 0.6 is 11.3 Å². The summed E-state index contributed by atoms with van der Waals surface area (Å²) in [5.74, 6) is -0.0862. The second-order valence-electron chi connectivity index (χ2n) is 4.48. The summed E-state index contributed by atoms with van der Waals surface area (Å²) >= 11 is 1.68. The maximum atomic E-state index is 12.0. The van der Waals surface area contributed by atoms with Gasteiger partial charge in [-0.1, -0.05) is 0 Å². The van der Waals surface area contributed by atoms with E-state index in [2.05, 4.69) is 10.3 Å². The van der Waals surface area contributed by atoms with E-state index >= 15 is 0 Å². The van der Waals surface area contributed by atoms with Gasteiger partial charge < -0.3 is 11.1 Å². The largest absolute Gasteiger partial charge is 0.397 e. The van der Waals surface area contributed by atoms with Gasteiger partial charge in [0.2, 0.25) is 5.91 Å². The summed E-state index contributed by atoms with van der Waals surface area (Å²) in [6.45, 7) is 0. The monoisotopic (exact) mass is 283 g/mol. The third kappa shape index (κ3) is 2.78. The number of thiophene rings is 1. The summed E-state index contributed by atoms with van der Waals surface area (Å²) < 4.78 is 1.21. The first-order chi connectivity index (χ1) is 9.70. The van der Waals surface area contributed by atoms with E-state index in [0.717, 1.165) is 11.1 Å². The van der Waals surface area contributed by atoms with Crippen molar-refractivity contribution >= 4 is 38.7 Å². The Balaban J connectivity index is 1.70. The standard InChI is InChI=1S/C15H13N3OS/c16-11-1-2-12(17-9-11)8-15(19)18-13-3-4-14-10(7-13)5-6-20-14/h1-7,9H,8,16H2,(H,18,19). The number of amides is 1. The van der Waals surface area contributed by atoms with Gasteiger partial charge >= 0.3 is 0 Å². The number of anilines is 2. The fourth-order valence-corrected chi connectivity index (χ4v) is 2.73. The lowest BCUT2D eigenvalue weighted by molar-refractivity contribution is -0.115. The summed E-state index contributed by atoms with van der Waals surface area (Å²) in [5, 5.41) is 6.06. The van der Waals surface area contributed by atoms with Crippen LogP contribution in [0.5, 0.6) is 0 Å². The molecule has 0 radical (unpaired) electrons. The molecule has 3 N–H and O–H groups in total. The Labute approximate surface area is 120 Å². The van der Waals surface area contributed by atoms with Gasteiger partial charge in [0.15, 0.2) is 0 Å². The highest BCUT2D eigenvalue weighted by molar-refractivity contribution is 7.17. The average Bonchev–Trinajstić information content (AvgIpc) is 2.89. The number of nitrogen functional groups attached to an aromatic ring is 1. The summed E-state index contributed by atoms with van der Waals surface area (Å²) in [6, 6.07) is 11.4. The van der Waals surface area contributed by atoms with Crippen LogP contribution in [0.1, 0.15) is 5.69 Å². The summed E-state index contributed by atoms with van der Waals surface area (Å²) in [5.41, 5.74) is 7.66. The van der Waals surface area contributed by atoms with Crippen molar-refractivity contribution in [3.63, 3.8) is 0 Å². The van der Waals surface area contributed by atoms with E-state index in [-0.39, 0.29) is 12.3 Å². The third-order valence-corrected chi connectivity index (χ3v) is 3.82. The van der Waals surface area contributed by atoms with Crippen LogP contribution < -0.4 is 11.1 Å². The molecule has 0 aliphatic carbocycles. The average molecular weight is 283 g/mol. The van der Waals surface area contributed by atoms with Crippen LogP contribution in [0.2, 0.25) is 0 Å². The van der Waals surface area contributed by atoms with E-state index < -0.39 is 0 Å². The number of fused-ring (bicyclic) bond motifs is 1. The van der Waals surface area contributed by atoms with Gasteiger partial charge in [-0.05, 0) is 47.2 Å². The Morgan fingerprint density at radius 1 is 1.25 bits per heavy atom. The second kappa shape index (κ2) is 5.30. The van der Waals surface area contributed by atoms with Crippen LogP contribution in [0.3, 0.4) is 0 Å². The molecule has 5 heteroatoms. The molecule has 3 aromatic rings. The molecule has 3 rings (SSSR count). The van der Waals surface area contributed by atoms with Crippen molar-refractivity contribution in [3.8, 4) is 0 Å². The number of pyridine rings is 1. The lowest BCUT2D eigenvalue weighted by atomic mass is 10.2. The predicted molar refractivity (Wildman–Crippen MR) is 82.8 cm³/mol. The molecule has 1 aromatic carbocycles. The first-order valence-corrected chi connectivity index (χ1v) is 7.06. The van der Waals surface area contributed by atoms with Crippen LogP contribution in [0.15, 0.2) is 48.0 Å². The van der Waals surface area contributed by atoms with E-state index in [1.54, 1.807) is 29.7 Å². The van der Waals surface area contributed by atoms with E-state index in [9.17, 15) is 4.79 Å². The fraction of sp³-hybridized carbons (Fsp3) is 0.0667. The minimum absolute atomic E-state index is 0.0862. The van der Waals surface area contributed by atoms with Gasteiger partial charge in [-0.3, -0.25) is 9.78 Å². The number of nitrogens with zero attached hydrogens (tertiary/aromatic N) is 1. The molecule has 0 atom stereocenters. The predicted octanol–water partition coefficient (Wildman–Crippen LogP) is 3.06. The quantitative estimate of drug-likeness (QED) is 0.776. The van der Waals surface area contributed by atoms with Crippen LogP contribution in [0.4, 0.5) is 11.4 Å². The number of carbonyl (C=O) groups excluding carboxylic acids is 1. The Morgan fingerprint density at radius 3 is 2.95 bits per heavy atom. The van der Waals surface area contributed by atoms with Gasteiger partial charge in [0.25, 0.3) is 0 Å². The number of nitrogens with two attached hydrogens (primary N) is 1. The zero-order valence-electron chi connectivity index (χ0n) is 10.7. The lowest BCUT2D eigenvalue weighted by Gasteiger charge is -2.05. The Morgan fingerprint density at radius 2 is 2.15 bits per heavy atom. The van der Waals surface area contributed by atoms with Gasteiger partial charge in [0.1, 0.15) is 0 Å². The Hall–Kier alpha value is -2.40. The van der Waals surface area contributed by atoms with Crippen LogP contribution in [0, 0.1) is 0 Å². The van der Waals surface area contributed by atoms with Gasteiger partial charge in [0.05, 0.1) is 18.3 Å². The van der Waals surface area contributed by atoms with Crippen molar-refractivity contribution in [3.05, 3.63) is 53.7 Å². The highest BCUT2D eigenvalue weighted by Crippen LogP contribution is 2.24. The highest BCUT2D eigenvalue weighted by atomic mass is 32.1. The highest BCUT2D eigenvalue weighted by Gasteiger charge is 2.06. The van der Waals surface area contributed by atoms with Crippen LogP contribution in [-0.2, 0) is 11.2 Å². The molecule has 0 spiro atoms. The molecule has 2 aromatic heterocycles. The molecular formula is C15H13N3OS. The van der Waals surface area contributed by atoms with Gasteiger partial charge in [0, 0.05) is 16.1 Å². The van der Waals surface area contributed by atoms with Gasteiger partial charge in [-0.2, -0.15) is 0 Å². The number of rotatable bonds is 3. The van der Waals surface area contributed by atoms with Crippen molar-refractivity contribution in [2.24, 2.45) is 0 Å². The Bertz CT molecular complexity index is 749. The molecule has 4 nitrogen and oxygen atoms in total. The molecule has 20 heavy (non-hydrogen) atoms. The molecule has 0 saturated heterocycles. The SMILES string of the molecule is Nc1ccc(CC(=O)Nc2ccc3sccc3c2)nc1. The van der Waals surface area contributed by atoms with Crippen LogP contribution in [0.25, 0.3) is 10.1 Å². The number of aromatic nitrogens is 1. The number of hydrogen-bond donors (Lipinski definition) is 2. The zero-order chi connectivity index (χ0) is 13.9. The van der Waals surface area contributed by atoms with Crippen molar-refractivity contribution < 1.29 is 4.79 Å². The van der Waals surface area contributed by atoms with Crippen molar-refractivity contribution in [1.29, 1.82) is 0 Å². The minimum Gasteiger partial charge on any atom is -0.397 e. The van der Waals surface area contributed by atoms with E-state index in [4.69, 9.17) is 5.73 Å². The molecule has 0 saturated carbocycles. The molecule has 0 fully saturated rings. The molecule has 0 unspecified atom stereocenters. The van der Waals surface area contributed by atoms with Gasteiger partial charge in [-0.25, -0.2) is 0 Å². The number of hydrogen-bond acceptors (Lipinski definition) is 4. The number of carbonyl (C=O) groups is 1.